The molecule has 1 atom stereocenters. The predicted molar refractivity (Wildman–Crippen MR) is 66.5 cm³/mol. The van der Waals surface area contributed by atoms with Crippen molar-refractivity contribution in [3.05, 3.63) is 11.6 Å². The van der Waals surface area contributed by atoms with Gasteiger partial charge in [0.2, 0.25) is 0 Å². The van der Waals surface area contributed by atoms with Gasteiger partial charge in [0, 0.05) is 17.4 Å². The van der Waals surface area contributed by atoms with E-state index in [2.05, 4.69) is 18.5 Å². The van der Waals surface area contributed by atoms with Gasteiger partial charge in [-0.1, -0.05) is 19.9 Å². The van der Waals surface area contributed by atoms with Crippen LogP contribution in [0.2, 0.25) is 0 Å². The van der Waals surface area contributed by atoms with E-state index in [0.717, 1.165) is 13.0 Å². The molecule has 2 N–H and O–H groups in total. The summed E-state index contributed by atoms with van der Waals surface area (Å²) in [6, 6.07) is 0. The number of carboxylic acid groups (broad SMARTS) is 1. The molecule has 0 saturated heterocycles. The molecule has 0 aliphatic carbocycles. The Bertz CT molecular complexity index is 217. The van der Waals surface area contributed by atoms with Crippen LogP contribution in [-0.2, 0) is 4.79 Å². The van der Waals surface area contributed by atoms with Crippen molar-refractivity contribution >= 4 is 17.7 Å². The Hall–Kier alpha value is -0.480. The zero-order chi connectivity index (χ0) is 11.7. The van der Waals surface area contributed by atoms with Crippen LogP contribution in [0.25, 0.3) is 0 Å². The molecule has 0 fully saturated rings. The third-order valence-corrected chi connectivity index (χ3v) is 3.32. The number of thioether (sulfide) groups is 1. The first kappa shape index (κ1) is 14.5. The highest BCUT2D eigenvalue weighted by Crippen LogP contribution is 2.07. The minimum absolute atomic E-state index is 0.486. The molecule has 0 aliphatic heterocycles. The van der Waals surface area contributed by atoms with Crippen molar-refractivity contribution in [2.75, 3.05) is 19.3 Å². The smallest absolute Gasteiger partial charge is 0.331 e. The Kier molecular flexibility index (Phi) is 8.52. The van der Waals surface area contributed by atoms with Crippen molar-refractivity contribution in [2.45, 2.75) is 31.9 Å². The Morgan fingerprint density at radius 2 is 2.27 bits per heavy atom. The molecular weight excluding hydrogens is 210 g/mol. The van der Waals surface area contributed by atoms with Gasteiger partial charge in [-0.2, -0.15) is 11.8 Å². The SMILES string of the molecule is CCC(=CCNCCC(C)SC)C(=O)O. The number of hydrogen-bond donors (Lipinski definition) is 2. The van der Waals surface area contributed by atoms with Gasteiger partial charge in [0.15, 0.2) is 0 Å². The molecule has 0 aromatic heterocycles. The van der Waals surface area contributed by atoms with Crippen LogP contribution < -0.4 is 5.32 Å². The molecule has 0 saturated carbocycles. The van der Waals surface area contributed by atoms with Crippen molar-refractivity contribution in [3.8, 4) is 0 Å². The van der Waals surface area contributed by atoms with Crippen molar-refractivity contribution in [3.63, 3.8) is 0 Å². The second-order valence-electron chi connectivity index (χ2n) is 3.43. The summed E-state index contributed by atoms with van der Waals surface area (Å²) in [6.45, 7) is 5.64. The highest BCUT2D eigenvalue weighted by atomic mass is 32.2. The highest BCUT2D eigenvalue weighted by Gasteiger charge is 2.02. The molecule has 0 aliphatic rings. The van der Waals surface area contributed by atoms with Crippen LogP contribution in [0.1, 0.15) is 26.7 Å². The summed E-state index contributed by atoms with van der Waals surface area (Å²) in [5.41, 5.74) is 0.486. The van der Waals surface area contributed by atoms with E-state index in [1.165, 1.54) is 0 Å². The molecule has 0 aromatic rings. The van der Waals surface area contributed by atoms with Crippen LogP contribution in [0.4, 0.5) is 0 Å². The number of aliphatic carboxylic acids is 1. The molecule has 1 unspecified atom stereocenters. The van der Waals surface area contributed by atoms with Gasteiger partial charge >= 0.3 is 5.97 Å². The number of carbonyl (C=O) groups is 1. The molecule has 0 radical (unpaired) electrons. The third kappa shape index (κ3) is 7.45. The lowest BCUT2D eigenvalue weighted by molar-refractivity contribution is -0.132. The van der Waals surface area contributed by atoms with E-state index in [-0.39, 0.29) is 0 Å². The maximum atomic E-state index is 10.6. The van der Waals surface area contributed by atoms with Crippen LogP contribution in [0.5, 0.6) is 0 Å². The predicted octanol–water partition coefficient (Wildman–Crippen LogP) is 2.14. The lowest BCUT2D eigenvalue weighted by Crippen LogP contribution is -2.19. The fourth-order valence-corrected chi connectivity index (χ4v) is 1.46. The first-order chi connectivity index (χ1) is 7.11. The minimum Gasteiger partial charge on any atom is -0.478 e. The maximum Gasteiger partial charge on any atom is 0.331 e. The Labute approximate surface area is 96.3 Å². The van der Waals surface area contributed by atoms with E-state index in [0.29, 0.717) is 23.8 Å². The Morgan fingerprint density at radius 3 is 2.73 bits per heavy atom. The standard InChI is InChI=1S/C11H21NO2S/c1-4-10(11(13)14)6-8-12-7-5-9(2)15-3/h6,9,12H,4-5,7-8H2,1-3H3,(H,13,14). The monoisotopic (exact) mass is 231 g/mol. The summed E-state index contributed by atoms with van der Waals surface area (Å²) < 4.78 is 0. The molecule has 0 heterocycles. The number of carboxylic acids is 1. The van der Waals surface area contributed by atoms with Gasteiger partial charge in [-0.05, 0) is 25.6 Å². The average molecular weight is 231 g/mol. The van der Waals surface area contributed by atoms with Crippen molar-refractivity contribution in [2.24, 2.45) is 0 Å². The van der Waals surface area contributed by atoms with E-state index >= 15 is 0 Å². The summed E-state index contributed by atoms with van der Waals surface area (Å²) in [6.07, 6.45) is 5.55. The van der Waals surface area contributed by atoms with E-state index in [9.17, 15) is 4.79 Å². The Balaban J connectivity index is 3.64. The molecule has 3 nitrogen and oxygen atoms in total. The second kappa shape index (κ2) is 8.80. The van der Waals surface area contributed by atoms with Crippen LogP contribution in [-0.4, -0.2) is 35.7 Å². The molecule has 0 amide bonds. The molecule has 0 rings (SSSR count). The van der Waals surface area contributed by atoms with E-state index in [1.807, 2.05) is 18.7 Å². The van der Waals surface area contributed by atoms with Gasteiger partial charge in [-0.15, -0.1) is 0 Å². The molecular formula is C11H21NO2S. The lowest BCUT2D eigenvalue weighted by Gasteiger charge is -2.07. The summed E-state index contributed by atoms with van der Waals surface area (Å²) in [5, 5.41) is 12.6. The van der Waals surface area contributed by atoms with Gasteiger partial charge in [-0.25, -0.2) is 4.79 Å². The molecule has 0 aromatic carbocycles. The fraction of sp³-hybridized carbons (Fsp3) is 0.727. The second-order valence-corrected chi connectivity index (χ2v) is 4.70. The van der Waals surface area contributed by atoms with Gasteiger partial charge < -0.3 is 10.4 Å². The van der Waals surface area contributed by atoms with Gasteiger partial charge in [0.1, 0.15) is 0 Å². The summed E-state index contributed by atoms with van der Waals surface area (Å²) in [4.78, 5) is 10.6. The van der Waals surface area contributed by atoms with E-state index < -0.39 is 5.97 Å². The average Bonchev–Trinajstić information content (AvgIpc) is 2.22. The third-order valence-electron chi connectivity index (χ3n) is 2.28. The van der Waals surface area contributed by atoms with Crippen molar-refractivity contribution in [1.82, 2.24) is 5.32 Å². The van der Waals surface area contributed by atoms with Gasteiger partial charge in [0.05, 0.1) is 0 Å². The fourth-order valence-electron chi connectivity index (χ4n) is 1.10. The molecule has 0 spiro atoms. The van der Waals surface area contributed by atoms with Crippen molar-refractivity contribution in [1.29, 1.82) is 0 Å². The van der Waals surface area contributed by atoms with E-state index in [4.69, 9.17) is 5.11 Å². The van der Waals surface area contributed by atoms with Crippen LogP contribution in [0.3, 0.4) is 0 Å². The highest BCUT2D eigenvalue weighted by molar-refractivity contribution is 7.99. The largest absolute Gasteiger partial charge is 0.478 e. The van der Waals surface area contributed by atoms with Gasteiger partial charge in [-0.3, -0.25) is 0 Å². The van der Waals surface area contributed by atoms with Crippen LogP contribution >= 0.6 is 11.8 Å². The summed E-state index contributed by atoms with van der Waals surface area (Å²) >= 11 is 1.85. The molecule has 88 valence electrons. The molecule has 0 bridgehead atoms. The van der Waals surface area contributed by atoms with Gasteiger partial charge in [0.25, 0.3) is 0 Å². The summed E-state index contributed by atoms with van der Waals surface area (Å²) in [7, 11) is 0. The normalized spacial score (nSPS) is 13.9. The number of rotatable bonds is 8. The maximum absolute atomic E-state index is 10.6. The topological polar surface area (TPSA) is 49.3 Å². The zero-order valence-electron chi connectivity index (χ0n) is 9.75. The van der Waals surface area contributed by atoms with E-state index in [1.54, 1.807) is 6.08 Å². The minimum atomic E-state index is -0.809. The van der Waals surface area contributed by atoms with Crippen LogP contribution in [0.15, 0.2) is 11.6 Å². The van der Waals surface area contributed by atoms with Crippen LogP contribution in [0, 0.1) is 0 Å². The number of nitrogens with one attached hydrogen (secondary N) is 1. The lowest BCUT2D eigenvalue weighted by atomic mass is 10.2. The van der Waals surface area contributed by atoms with Crippen molar-refractivity contribution < 1.29 is 9.90 Å². The summed E-state index contributed by atoms with van der Waals surface area (Å²) in [5.74, 6) is -0.809. The molecule has 4 heteroatoms. The first-order valence-electron chi connectivity index (χ1n) is 5.27. The Morgan fingerprint density at radius 1 is 1.60 bits per heavy atom. The first-order valence-corrected chi connectivity index (χ1v) is 6.56. The number of hydrogen-bond acceptors (Lipinski definition) is 3. The quantitative estimate of drug-likeness (QED) is 0.496. The zero-order valence-corrected chi connectivity index (χ0v) is 10.6. The molecule has 15 heavy (non-hydrogen) atoms.